The summed E-state index contributed by atoms with van der Waals surface area (Å²) < 4.78 is 0. The first kappa shape index (κ1) is 15.0. The highest BCUT2D eigenvalue weighted by atomic mass is 16.2. The molecule has 1 aliphatic rings. The zero-order chi connectivity index (χ0) is 14.5. The lowest BCUT2D eigenvalue weighted by Gasteiger charge is -2.39. The van der Waals surface area contributed by atoms with E-state index in [1.54, 1.807) is 4.90 Å². The maximum Gasteiger partial charge on any atom is 0.240 e. The molecular weight excluding hydrogens is 250 g/mol. The number of carbonyl (C=O) groups excluding carboxylic acids is 1. The summed E-state index contributed by atoms with van der Waals surface area (Å²) >= 11 is 0. The minimum atomic E-state index is -0.00507. The van der Waals surface area contributed by atoms with Crippen LogP contribution >= 0.6 is 0 Å². The molecule has 1 heterocycles. The molecule has 0 saturated carbocycles. The van der Waals surface area contributed by atoms with Gasteiger partial charge in [-0.25, -0.2) is 0 Å². The van der Waals surface area contributed by atoms with Gasteiger partial charge >= 0.3 is 0 Å². The van der Waals surface area contributed by atoms with Crippen molar-refractivity contribution in [3.63, 3.8) is 0 Å². The molecule has 0 radical (unpaired) electrons. The number of hydrogen-bond acceptors (Lipinski definition) is 3. The molecule has 1 atom stereocenters. The quantitative estimate of drug-likeness (QED) is 0.818. The molecule has 0 bridgehead atoms. The van der Waals surface area contributed by atoms with Gasteiger partial charge in [-0.2, -0.15) is 0 Å². The van der Waals surface area contributed by atoms with E-state index in [1.165, 1.54) is 5.56 Å². The fourth-order valence-corrected chi connectivity index (χ4v) is 2.63. The molecule has 0 unspecified atom stereocenters. The summed E-state index contributed by atoms with van der Waals surface area (Å²) in [7, 11) is 5.71. The molecule has 1 fully saturated rings. The van der Waals surface area contributed by atoms with E-state index in [1.807, 2.05) is 27.2 Å². The Morgan fingerprint density at radius 1 is 1.25 bits per heavy atom. The van der Waals surface area contributed by atoms with Gasteiger partial charge in [-0.1, -0.05) is 30.3 Å². The van der Waals surface area contributed by atoms with Gasteiger partial charge < -0.3 is 4.90 Å². The summed E-state index contributed by atoms with van der Waals surface area (Å²) in [6, 6.07) is 10.5. The zero-order valence-corrected chi connectivity index (χ0v) is 12.7. The number of amides is 1. The summed E-state index contributed by atoms with van der Waals surface area (Å²) in [4.78, 5) is 18.5. The molecule has 0 aliphatic carbocycles. The Morgan fingerprint density at radius 3 is 2.60 bits per heavy atom. The van der Waals surface area contributed by atoms with Crippen LogP contribution in [0.15, 0.2) is 30.3 Å². The van der Waals surface area contributed by atoms with Crippen molar-refractivity contribution in [2.45, 2.75) is 12.5 Å². The third kappa shape index (κ3) is 3.81. The number of piperazine rings is 1. The second kappa shape index (κ2) is 6.86. The molecular formula is C16H25N3O. The first-order valence-electron chi connectivity index (χ1n) is 7.25. The highest BCUT2D eigenvalue weighted by Crippen LogP contribution is 2.11. The Labute approximate surface area is 122 Å². The zero-order valence-electron chi connectivity index (χ0n) is 12.7. The van der Waals surface area contributed by atoms with Crippen molar-refractivity contribution in [3.05, 3.63) is 35.9 Å². The van der Waals surface area contributed by atoms with Gasteiger partial charge in [-0.05, 0) is 19.0 Å². The van der Waals surface area contributed by atoms with Crippen LogP contribution in [0.4, 0.5) is 0 Å². The third-order valence-corrected chi connectivity index (χ3v) is 4.02. The molecule has 4 heteroatoms. The summed E-state index contributed by atoms with van der Waals surface area (Å²) in [5, 5.41) is 0. The van der Waals surface area contributed by atoms with Crippen molar-refractivity contribution in [2.75, 3.05) is 47.3 Å². The number of carbonyl (C=O) groups is 1. The highest BCUT2D eigenvalue weighted by Gasteiger charge is 2.30. The Kier molecular flexibility index (Phi) is 5.15. The summed E-state index contributed by atoms with van der Waals surface area (Å²) in [5.41, 5.74) is 1.36. The molecule has 1 amide bonds. The molecule has 0 N–H and O–H groups in total. The Bertz CT molecular complexity index is 433. The van der Waals surface area contributed by atoms with E-state index in [-0.39, 0.29) is 11.9 Å². The molecule has 0 spiro atoms. The van der Waals surface area contributed by atoms with E-state index >= 15 is 0 Å². The van der Waals surface area contributed by atoms with Gasteiger partial charge in [-0.15, -0.1) is 0 Å². The molecule has 1 aliphatic heterocycles. The van der Waals surface area contributed by atoms with Crippen LogP contribution in [0.5, 0.6) is 0 Å². The van der Waals surface area contributed by atoms with Gasteiger partial charge in [-0.3, -0.25) is 14.6 Å². The average Bonchev–Trinajstić information content (AvgIpc) is 2.46. The van der Waals surface area contributed by atoms with Crippen molar-refractivity contribution in [1.29, 1.82) is 0 Å². The second-order valence-electron chi connectivity index (χ2n) is 5.77. The predicted octanol–water partition coefficient (Wildman–Crippen LogP) is 0.933. The summed E-state index contributed by atoms with van der Waals surface area (Å²) in [6.07, 6.45) is 1.05. The minimum Gasteiger partial charge on any atom is -0.347 e. The first-order valence-corrected chi connectivity index (χ1v) is 7.25. The minimum absolute atomic E-state index is 0.00507. The molecule has 1 saturated heterocycles. The van der Waals surface area contributed by atoms with E-state index in [0.29, 0.717) is 0 Å². The SMILES string of the molecule is CN(C)C(=O)[C@H]1CN(CCc2ccccc2)CCN1C. The topological polar surface area (TPSA) is 26.8 Å². The van der Waals surface area contributed by atoms with Crippen LogP contribution in [-0.2, 0) is 11.2 Å². The van der Waals surface area contributed by atoms with E-state index in [4.69, 9.17) is 0 Å². The fourth-order valence-electron chi connectivity index (χ4n) is 2.63. The fraction of sp³-hybridized carbons (Fsp3) is 0.562. The van der Waals surface area contributed by atoms with Crippen LogP contribution in [0.1, 0.15) is 5.56 Å². The third-order valence-electron chi connectivity index (χ3n) is 4.02. The number of hydrogen-bond donors (Lipinski definition) is 0. The molecule has 4 nitrogen and oxygen atoms in total. The monoisotopic (exact) mass is 275 g/mol. The standard InChI is InChI=1S/C16H25N3O/c1-17(2)16(20)15-13-19(12-11-18(15)3)10-9-14-7-5-4-6-8-14/h4-8,15H,9-13H2,1-3H3/t15-/m1/s1. The van der Waals surface area contributed by atoms with Gasteiger partial charge in [0.05, 0.1) is 0 Å². The molecule has 20 heavy (non-hydrogen) atoms. The van der Waals surface area contributed by atoms with Gasteiger partial charge in [0.2, 0.25) is 5.91 Å². The lowest BCUT2D eigenvalue weighted by Crippen LogP contribution is -2.57. The van der Waals surface area contributed by atoms with Crippen LogP contribution in [0.3, 0.4) is 0 Å². The van der Waals surface area contributed by atoms with Crippen molar-refractivity contribution in [3.8, 4) is 0 Å². The van der Waals surface area contributed by atoms with Crippen LogP contribution < -0.4 is 0 Å². The van der Waals surface area contributed by atoms with Gasteiger partial charge in [0, 0.05) is 40.3 Å². The van der Waals surface area contributed by atoms with Crippen molar-refractivity contribution in [2.24, 2.45) is 0 Å². The number of rotatable bonds is 4. The van der Waals surface area contributed by atoms with Crippen molar-refractivity contribution in [1.82, 2.24) is 14.7 Å². The molecule has 1 aromatic rings. The van der Waals surface area contributed by atoms with Gasteiger partial charge in [0.25, 0.3) is 0 Å². The predicted molar refractivity (Wildman–Crippen MR) is 81.7 cm³/mol. The van der Waals surface area contributed by atoms with Crippen LogP contribution in [0.25, 0.3) is 0 Å². The number of likely N-dealkylation sites (N-methyl/N-ethyl adjacent to an activating group) is 2. The number of benzene rings is 1. The van der Waals surface area contributed by atoms with Crippen molar-refractivity contribution >= 4 is 5.91 Å². The lowest BCUT2D eigenvalue weighted by molar-refractivity contribution is -0.136. The molecule has 2 rings (SSSR count). The number of nitrogens with zero attached hydrogens (tertiary/aromatic N) is 3. The van der Waals surface area contributed by atoms with Crippen LogP contribution in [0, 0.1) is 0 Å². The molecule has 110 valence electrons. The second-order valence-corrected chi connectivity index (χ2v) is 5.77. The molecule has 1 aromatic carbocycles. The normalized spacial score (nSPS) is 20.9. The van der Waals surface area contributed by atoms with Crippen molar-refractivity contribution < 1.29 is 4.79 Å². The Balaban J connectivity index is 1.89. The lowest BCUT2D eigenvalue weighted by atomic mass is 10.1. The Morgan fingerprint density at radius 2 is 1.95 bits per heavy atom. The van der Waals surface area contributed by atoms with Gasteiger partial charge in [0.1, 0.15) is 6.04 Å². The van der Waals surface area contributed by atoms with E-state index in [9.17, 15) is 4.79 Å². The van der Waals surface area contributed by atoms with Crippen LogP contribution in [0.2, 0.25) is 0 Å². The average molecular weight is 275 g/mol. The van der Waals surface area contributed by atoms with E-state index in [2.05, 4.69) is 34.1 Å². The summed E-state index contributed by atoms with van der Waals surface area (Å²) in [5.74, 6) is 0.205. The van der Waals surface area contributed by atoms with Gasteiger partial charge in [0.15, 0.2) is 0 Å². The van der Waals surface area contributed by atoms with Crippen LogP contribution in [-0.4, -0.2) is 74.0 Å². The first-order chi connectivity index (χ1) is 9.58. The summed E-state index contributed by atoms with van der Waals surface area (Å²) in [6.45, 7) is 3.86. The van der Waals surface area contributed by atoms with E-state index in [0.717, 1.165) is 32.6 Å². The largest absolute Gasteiger partial charge is 0.347 e. The molecule has 0 aromatic heterocycles. The smallest absolute Gasteiger partial charge is 0.240 e. The highest BCUT2D eigenvalue weighted by molar-refractivity contribution is 5.81. The maximum absolute atomic E-state index is 12.2. The Hall–Kier alpha value is -1.39. The van der Waals surface area contributed by atoms with E-state index < -0.39 is 0 Å². The maximum atomic E-state index is 12.2.